The first kappa shape index (κ1) is 30.3. The molecule has 0 saturated heterocycles. The summed E-state index contributed by atoms with van der Waals surface area (Å²) in [6.07, 6.45) is 3.85. The van der Waals surface area contributed by atoms with Crippen LogP contribution in [-0.2, 0) is 20.1 Å². The molecule has 4 aromatic carbocycles. The number of hydrogen-bond acceptors (Lipinski definition) is 3. The van der Waals surface area contributed by atoms with Crippen LogP contribution in [0.25, 0.3) is 55.6 Å². The van der Waals surface area contributed by atoms with Gasteiger partial charge in [0.25, 0.3) is 0 Å². The van der Waals surface area contributed by atoms with E-state index in [1.807, 2.05) is 67.0 Å². The summed E-state index contributed by atoms with van der Waals surface area (Å²) in [7, 11) is -1.23. The molecule has 3 nitrogen and oxygen atoms in total. The number of aryl methyl sites for hydroxylation is 1. The van der Waals surface area contributed by atoms with Crippen LogP contribution in [0, 0.1) is 19.1 Å². The van der Waals surface area contributed by atoms with E-state index in [2.05, 4.69) is 103 Å². The van der Waals surface area contributed by atoms with Crippen molar-refractivity contribution in [3.8, 4) is 33.6 Å². The van der Waals surface area contributed by atoms with E-state index in [1.165, 1.54) is 10.8 Å². The van der Waals surface area contributed by atoms with Gasteiger partial charge in [-0.3, -0.25) is 0 Å². The van der Waals surface area contributed by atoms with Crippen LogP contribution < -0.4 is 5.19 Å². The summed E-state index contributed by atoms with van der Waals surface area (Å²) < 4.78 is 6.39. The molecule has 0 N–H and O–H groups in total. The van der Waals surface area contributed by atoms with Gasteiger partial charge in [0.2, 0.25) is 0 Å². The van der Waals surface area contributed by atoms with Crippen molar-refractivity contribution >= 4 is 35.2 Å². The van der Waals surface area contributed by atoms with Crippen LogP contribution in [0.1, 0.15) is 5.56 Å². The zero-order chi connectivity index (χ0) is 29.1. The van der Waals surface area contributed by atoms with E-state index < -0.39 is 8.07 Å². The molecular formula is C38H32IrN2OSi-2. The van der Waals surface area contributed by atoms with Gasteiger partial charge in [0, 0.05) is 43.4 Å². The fourth-order valence-corrected chi connectivity index (χ4v) is 6.06. The van der Waals surface area contributed by atoms with E-state index in [0.717, 1.165) is 55.6 Å². The number of nitrogens with zero attached hydrogens (tertiary/aromatic N) is 2. The summed E-state index contributed by atoms with van der Waals surface area (Å²) in [5.41, 5.74) is 9.01. The Kier molecular flexibility index (Phi) is 9.17. The van der Waals surface area contributed by atoms with Crippen molar-refractivity contribution in [3.63, 3.8) is 0 Å². The third-order valence-corrected chi connectivity index (χ3v) is 9.36. The average molecular weight is 753 g/mol. The molecule has 0 atom stereocenters. The molecule has 1 radical (unpaired) electrons. The molecule has 0 spiro atoms. The first-order chi connectivity index (χ1) is 20.4. The van der Waals surface area contributed by atoms with Gasteiger partial charge in [-0.25, -0.2) is 0 Å². The Hall–Kier alpha value is -4.15. The number of hydrogen-bond donors (Lipinski definition) is 0. The van der Waals surface area contributed by atoms with Crippen molar-refractivity contribution in [3.05, 3.63) is 139 Å². The molecule has 0 unspecified atom stereocenters. The van der Waals surface area contributed by atoms with Crippen LogP contribution >= 0.6 is 0 Å². The Balaban J connectivity index is 0.000000188. The molecule has 215 valence electrons. The summed E-state index contributed by atoms with van der Waals surface area (Å²) >= 11 is 0. The molecule has 0 aliphatic carbocycles. The molecule has 43 heavy (non-hydrogen) atoms. The molecule has 0 fully saturated rings. The Morgan fingerprint density at radius 1 is 0.674 bits per heavy atom. The third kappa shape index (κ3) is 6.60. The predicted molar refractivity (Wildman–Crippen MR) is 177 cm³/mol. The second-order valence-corrected chi connectivity index (χ2v) is 16.5. The summed E-state index contributed by atoms with van der Waals surface area (Å²) in [4.78, 5) is 9.04. The van der Waals surface area contributed by atoms with Crippen LogP contribution in [0.15, 0.2) is 126 Å². The molecule has 5 heteroatoms. The van der Waals surface area contributed by atoms with Gasteiger partial charge in [-0.2, -0.15) is 0 Å². The maximum Gasteiger partial charge on any atom is 0.128 e. The van der Waals surface area contributed by atoms with Crippen LogP contribution in [0.2, 0.25) is 19.6 Å². The monoisotopic (exact) mass is 753 g/mol. The number of pyridine rings is 2. The fraction of sp³-hybridized carbons (Fsp3) is 0.105. The van der Waals surface area contributed by atoms with Crippen LogP contribution in [0.5, 0.6) is 0 Å². The van der Waals surface area contributed by atoms with Crippen molar-refractivity contribution in [2.45, 2.75) is 26.6 Å². The smallest absolute Gasteiger partial charge is 0.128 e. The van der Waals surface area contributed by atoms with Crippen LogP contribution in [0.4, 0.5) is 0 Å². The maximum absolute atomic E-state index is 6.39. The number of rotatable bonds is 4. The van der Waals surface area contributed by atoms with Gasteiger partial charge in [-0.1, -0.05) is 103 Å². The first-order valence-electron chi connectivity index (χ1n) is 14.2. The minimum Gasteiger partial charge on any atom is -0.500 e. The van der Waals surface area contributed by atoms with E-state index in [4.69, 9.17) is 4.42 Å². The molecule has 3 heterocycles. The molecular weight excluding hydrogens is 721 g/mol. The standard InChI is InChI=1S/C24H16NO.C14H16NSi.Ir/c1-16-13-14-25-22(15-16)21-12-6-11-20-19-10-5-9-18(23(19)26-24(20)21)17-7-3-2-4-8-17;1-16(2,3)13-9-10-14(15-11-13)12-7-5-4-6-8-12;/h2-11,13-15H,1H3;4-7,9-11H,1-3H3;/q2*-1;. The third-order valence-electron chi connectivity index (χ3n) is 7.33. The normalized spacial score (nSPS) is 11.1. The summed E-state index contributed by atoms with van der Waals surface area (Å²) in [5.74, 6) is 0. The van der Waals surface area contributed by atoms with Gasteiger partial charge in [0.1, 0.15) is 5.58 Å². The topological polar surface area (TPSA) is 38.9 Å². The minimum atomic E-state index is -1.23. The van der Waals surface area contributed by atoms with Crippen molar-refractivity contribution < 1.29 is 24.5 Å². The number of benzene rings is 4. The number of para-hydroxylation sites is 1. The van der Waals surface area contributed by atoms with E-state index >= 15 is 0 Å². The van der Waals surface area contributed by atoms with E-state index in [1.54, 1.807) is 0 Å². The second kappa shape index (κ2) is 13.0. The minimum absolute atomic E-state index is 0. The van der Waals surface area contributed by atoms with E-state index in [9.17, 15) is 0 Å². The zero-order valence-electron chi connectivity index (χ0n) is 24.7. The molecule has 0 aliphatic heterocycles. The number of fused-ring (bicyclic) bond motifs is 3. The van der Waals surface area contributed by atoms with Crippen molar-refractivity contribution in [2.24, 2.45) is 0 Å². The summed E-state index contributed by atoms with van der Waals surface area (Å²) in [6, 6.07) is 43.5. The molecule has 7 aromatic rings. The maximum atomic E-state index is 6.39. The molecule has 0 bridgehead atoms. The van der Waals surface area contributed by atoms with Gasteiger partial charge in [0.05, 0.1) is 13.7 Å². The number of furan rings is 1. The van der Waals surface area contributed by atoms with Gasteiger partial charge in [0.15, 0.2) is 0 Å². The second-order valence-electron chi connectivity index (χ2n) is 11.4. The van der Waals surface area contributed by atoms with Crippen LogP contribution in [-0.4, -0.2) is 18.0 Å². The fourth-order valence-electron chi connectivity index (χ4n) is 5.02. The van der Waals surface area contributed by atoms with E-state index in [-0.39, 0.29) is 20.1 Å². The molecule has 7 rings (SSSR count). The molecule has 0 amide bonds. The molecule has 3 aromatic heterocycles. The Morgan fingerprint density at radius 2 is 1.47 bits per heavy atom. The van der Waals surface area contributed by atoms with Gasteiger partial charge < -0.3 is 14.4 Å². The summed E-state index contributed by atoms with van der Waals surface area (Å²) in [5, 5.41) is 3.60. The quantitative estimate of drug-likeness (QED) is 0.133. The van der Waals surface area contributed by atoms with Gasteiger partial charge in [-0.05, 0) is 35.1 Å². The van der Waals surface area contributed by atoms with Gasteiger partial charge >= 0.3 is 0 Å². The van der Waals surface area contributed by atoms with E-state index in [0.29, 0.717) is 0 Å². The molecule has 0 aliphatic rings. The van der Waals surface area contributed by atoms with Crippen molar-refractivity contribution in [2.75, 3.05) is 0 Å². The number of aromatic nitrogens is 2. The Labute approximate surface area is 268 Å². The predicted octanol–water partition coefficient (Wildman–Crippen LogP) is 9.52. The van der Waals surface area contributed by atoms with Crippen molar-refractivity contribution in [1.82, 2.24) is 9.97 Å². The van der Waals surface area contributed by atoms with Crippen LogP contribution in [0.3, 0.4) is 0 Å². The summed E-state index contributed by atoms with van der Waals surface area (Å²) in [6.45, 7) is 9.06. The SMILES string of the molecule is C[Si](C)(C)c1ccc(-c2[c-]cccc2)nc1.Cc1ccnc(-c2[c-]ccc3c2oc2c(-c4ccccc4)cccc23)c1.[Ir]. The Morgan fingerprint density at radius 3 is 2.16 bits per heavy atom. The first-order valence-corrected chi connectivity index (χ1v) is 17.7. The zero-order valence-corrected chi connectivity index (χ0v) is 28.1. The average Bonchev–Trinajstić information content (AvgIpc) is 3.41. The largest absolute Gasteiger partial charge is 0.500 e. The Bertz CT molecular complexity index is 1960. The van der Waals surface area contributed by atoms with Crippen molar-refractivity contribution in [1.29, 1.82) is 0 Å². The van der Waals surface area contributed by atoms with Gasteiger partial charge in [-0.15, -0.1) is 54.1 Å². The molecule has 0 saturated carbocycles.